The second-order valence-electron chi connectivity index (χ2n) is 4.34. The Morgan fingerprint density at radius 1 is 1.31 bits per heavy atom. The molecule has 0 amide bonds. The minimum Gasteiger partial charge on any atom is -0.481 e. The predicted octanol–water partition coefficient (Wildman–Crippen LogP) is -0.0149. The van der Waals surface area contributed by atoms with Crippen LogP contribution >= 0.6 is 0 Å². The summed E-state index contributed by atoms with van der Waals surface area (Å²) in [6, 6.07) is 0. The minimum atomic E-state index is -3.84. The number of sulfone groups is 1. The van der Waals surface area contributed by atoms with Crippen molar-refractivity contribution in [1.82, 2.24) is 0 Å². The van der Waals surface area contributed by atoms with E-state index in [1.807, 2.05) is 0 Å². The molecule has 92 valence electrons. The van der Waals surface area contributed by atoms with Crippen LogP contribution in [0.5, 0.6) is 0 Å². The van der Waals surface area contributed by atoms with Crippen LogP contribution in [0.2, 0.25) is 0 Å². The van der Waals surface area contributed by atoms with E-state index in [9.17, 15) is 18.0 Å². The summed E-state index contributed by atoms with van der Waals surface area (Å²) < 4.78 is 21.3. The Labute approximate surface area is 93.2 Å². The zero-order valence-corrected chi connectivity index (χ0v) is 9.82. The lowest BCUT2D eigenvalue weighted by Gasteiger charge is -2.26. The lowest BCUT2D eigenvalue weighted by Crippen LogP contribution is -2.48. The first-order valence-electron chi connectivity index (χ1n) is 4.78. The van der Waals surface area contributed by atoms with E-state index >= 15 is 0 Å². The first kappa shape index (κ1) is 13.0. The Kier molecular flexibility index (Phi) is 3.02. The van der Waals surface area contributed by atoms with Gasteiger partial charge in [0, 0.05) is 6.26 Å². The Balaban J connectivity index is 3.26. The first-order chi connectivity index (χ1) is 7.13. The molecule has 7 heteroatoms. The molecule has 0 aromatic heterocycles. The van der Waals surface area contributed by atoms with E-state index in [4.69, 9.17) is 10.2 Å². The number of hydrogen-bond acceptors (Lipinski definition) is 4. The average Bonchev–Trinajstić information content (AvgIpc) is 2.42. The molecule has 0 aliphatic heterocycles. The van der Waals surface area contributed by atoms with Gasteiger partial charge in [-0.15, -0.1) is 0 Å². The second kappa shape index (κ2) is 3.73. The third-order valence-electron chi connectivity index (χ3n) is 3.36. The van der Waals surface area contributed by atoms with Gasteiger partial charge in [-0.25, -0.2) is 8.42 Å². The molecule has 1 fully saturated rings. The quantitative estimate of drug-likeness (QED) is 0.729. The van der Waals surface area contributed by atoms with Gasteiger partial charge in [0.15, 0.2) is 14.6 Å². The molecular weight excluding hydrogens is 236 g/mol. The first-order valence-corrected chi connectivity index (χ1v) is 6.68. The molecule has 2 N–H and O–H groups in total. The SMILES string of the molecule is C[C@H]1C[C@H](C(=O)O)C[C@@]1(C(=O)O)S(C)(=O)=O. The summed E-state index contributed by atoms with van der Waals surface area (Å²) in [6.45, 7) is 1.47. The molecule has 0 saturated heterocycles. The average molecular weight is 250 g/mol. The number of hydrogen-bond donors (Lipinski definition) is 2. The van der Waals surface area contributed by atoms with Crippen LogP contribution in [0.1, 0.15) is 19.8 Å². The summed E-state index contributed by atoms with van der Waals surface area (Å²) >= 11 is 0. The van der Waals surface area contributed by atoms with Gasteiger partial charge in [0.25, 0.3) is 0 Å². The van der Waals surface area contributed by atoms with Crippen molar-refractivity contribution >= 4 is 21.8 Å². The fraction of sp³-hybridized carbons (Fsp3) is 0.778. The van der Waals surface area contributed by atoms with E-state index in [2.05, 4.69) is 0 Å². The van der Waals surface area contributed by atoms with Gasteiger partial charge in [0.2, 0.25) is 0 Å². The maximum atomic E-state index is 11.6. The highest BCUT2D eigenvalue weighted by Gasteiger charge is 2.59. The molecule has 0 bridgehead atoms. The summed E-state index contributed by atoms with van der Waals surface area (Å²) in [6.07, 6.45) is 0.578. The van der Waals surface area contributed by atoms with Gasteiger partial charge in [-0.3, -0.25) is 9.59 Å². The van der Waals surface area contributed by atoms with Crippen molar-refractivity contribution in [3.63, 3.8) is 0 Å². The third-order valence-corrected chi connectivity index (χ3v) is 5.42. The van der Waals surface area contributed by atoms with Gasteiger partial charge >= 0.3 is 11.9 Å². The second-order valence-corrected chi connectivity index (χ2v) is 6.62. The topological polar surface area (TPSA) is 109 Å². The molecule has 1 saturated carbocycles. The molecule has 1 aliphatic carbocycles. The molecule has 16 heavy (non-hydrogen) atoms. The largest absolute Gasteiger partial charge is 0.481 e. The molecular formula is C9H14O6S. The predicted molar refractivity (Wildman–Crippen MR) is 54.7 cm³/mol. The molecule has 0 unspecified atom stereocenters. The fourth-order valence-corrected chi connectivity index (χ4v) is 4.08. The summed E-state index contributed by atoms with van der Waals surface area (Å²) in [5, 5.41) is 17.9. The van der Waals surface area contributed by atoms with Gasteiger partial charge in [-0.2, -0.15) is 0 Å². The molecule has 0 radical (unpaired) electrons. The van der Waals surface area contributed by atoms with Crippen molar-refractivity contribution in [3.05, 3.63) is 0 Å². The van der Waals surface area contributed by atoms with E-state index in [0.29, 0.717) is 0 Å². The van der Waals surface area contributed by atoms with Gasteiger partial charge < -0.3 is 10.2 Å². The number of carbonyl (C=O) groups is 2. The maximum absolute atomic E-state index is 11.6. The van der Waals surface area contributed by atoms with Crippen molar-refractivity contribution in [2.75, 3.05) is 6.26 Å². The highest BCUT2D eigenvalue weighted by Crippen LogP contribution is 2.45. The van der Waals surface area contributed by atoms with Crippen LogP contribution in [-0.4, -0.2) is 41.6 Å². The summed E-state index contributed by atoms with van der Waals surface area (Å²) in [7, 11) is -3.84. The van der Waals surface area contributed by atoms with Gasteiger partial charge in [0.05, 0.1) is 5.92 Å². The summed E-state index contributed by atoms with van der Waals surface area (Å²) in [5.41, 5.74) is 0. The van der Waals surface area contributed by atoms with Crippen molar-refractivity contribution in [3.8, 4) is 0 Å². The van der Waals surface area contributed by atoms with E-state index in [1.165, 1.54) is 6.92 Å². The molecule has 0 heterocycles. The van der Waals surface area contributed by atoms with Crippen LogP contribution in [0.25, 0.3) is 0 Å². The monoisotopic (exact) mass is 250 g/mol. The van der Waals surface area contributed by atoms with Crippen LogP contribution in [-0.2, 0) is 19.4 Å². The van der Waals surface area contributed by atoms with Crippen molar-refractivity contribution < 1.29 is 28.2 Å². The number of carboxylic acid groups (broad SMARTS) is 2. The van der Waals surface area contributed by atoms with Crippen LogP contribution in [0.3, 0.4) is 0 Å². The molecule has 1 aliphatic rings. The molecule has 3 atom stereocenters. The van der Waals surface area contributed by atoms with Crippen molar-refractivity contribution in [1.29, 1.82) is 0 Å². The Bertz CT molecular complexity index is 425. The molecule has 0 aromatic carbocycles. The third kappa shape index (κ3) is 1.68. The smallest absolute Gasteiger partial charge is 0.325 e. The molecule has 0 aromatic rings. The summed E-state index contributed by atoms with van der Waals surface area (Å²) in [5.74, 6) is -4.19. The fourth-order valence-electron chi connectivity index (χ4n) is 2.43. The van der Waals surface area contributed by atoms with Gasteiger partial charge in [0.1, 0.15) is 0 Å². The lowest BCUT2D eigenvalue weighted by atomic mass is 9.97. The van der Waals surface area contributed by atoms with Crippen LogP contribution in [0.15, 0.2) is 0 Å². The normalized spacial score (nSPS) is 34.9. The Morgan fingerprint density at radius 3 is 2.00 bits per heavy atom. The van der Waals surface area contributed by atoms with Crippen molar-refractivity contribution in [2.24, 2.45) is 11.8 Å². The standard InChI is InChI=1S/C9H14O6S/c1-5-3-6(7(10)11)4-9(5,8(12)13)16(2,14)15/h5-6H,3-4H2,1-2H3,(H,10,11)(H,12,13)/t5-,6-,9+/m0/s1. The number of rotatable bonds is 3. The zero-order chi connectivity index (χ0) is 12.7. The Morgan fingerprint density at radius 2 is 1.81 bits per heavy atom. The molecule has 0 spiro atoms. The highest BCUT2D eigenvalue weighted by atomic mass is 32.2. The Hall–Kier alpha value is -1.11. The van der Waals surface area contributed by atoms with E-state index in [0.717, 1.165) is 6.26 Å². The minimum absolute atomic E-state index is 0.0781. The highest BCUT2D eigenvalue weighted by molar-refractivity contribution is 7.92. The van der Waals surface area contributed by atoms with E-state index in [1.54, 1.807) is 0 Å². The van der Waals surface area contributed by atoms with E-state index < -0.39 is 38.4 Å². The van der Waals surface area contributed by atoms with Crippen LogP contribution in [0, 0.1) is 11.8 Å². The number of aliphatic carboxylic acids is 2. The number of carboxylic acids is 2. The van der Waals surface area contributed by atoms with Crippen LogP contribution < -0.4 is 0 Å². The van der Waals surface area contributed by atoms with Crippen LogP contribution in [0.4, 0.5) is 0 Å². The molecule has 1 rings (SSSR count). The summed E-state index contributed by atoms with van der Waals surface area (Å²) in [4.78, 5) is 22.0. The molecule has 6 nitrogen and oxygen atoms in total. The van der Waals surface area contributed by atoms with Crippen molar-refractivity contribution in [2.45, 2.75) is 24.5 Å². The zero-order valence-electron chi connectivity index (χ0n) is 9.00. The van der Waals surface area contributed by atoms with Gasteiger partial charge in [-0.1, -0.05) is 6.92 Å². The maximum Gasteiger partial charge on any atom is 0.325 e. The van der Waals surface area contributed by atoms with Gasteiger partial charge in [-0.05, 0) is 18.8 Å². The van der Waals surface area contributed by atoms with E-state index in [-0.39, 0.29) is 12.8 Å². The lowest BCUT2D eigenvalue weighted by molar-refractivity contribution is -0.142.